The van der Waals surface area contributed by atoms with Crippen molar-refractivity contribution >= 4 is 13.5 Å². The first kappa shape index (κ1) is 20.9. The predicted molar refractivity (Wildman–Crippen MR) is 129 cm³/mol. The van der Waals surface area contributed by atoms with Gasteiger partial charge in [0.15, 0.2) is 0 Å². The van der Waals surface area contributed by atoms with E-state index in [9.17, 15) is 5.11 Å². The first-order chi connectivity index (χ1) is 14.8. The molecule has 2 nitrogen and oxygen atoms in total. The molecule has 8 aliphatic carbocycles. The Morgan fingerprint density at radius 2 is 1.06 bits per heavy atom. The highest BCUT2D eigenvalue weighted by Crippen LogP contribution is 2.58. The van der Waals surface area contributed by atoms with Crippen LogP contribution < -0.4 is 5.19 Å². The molecule has 0 spiro atoms. The van der Waals surface area contributed by atoms with Crippen LogP contribution in [0.1, 0.15) is 77.0 Å². The zero-order valence-corrected chi connectivity index (χ0v) is 20.7. The molecule has 0 aliphatic heterocycles. The number of rotatable bonds is 3. The molecule has 0 radical (unpaired) electrons. The summed E-state index contributed by atoms with van der Waals surface area (Å²) in [5, 5.41) is 11.6. The summed E-state index contributed by atoms with van der Waals surface area (Å²) in [5.41, 5.74) is 0.0507. The average Bonchev–Trinajstić information content (AvgIpc) is 2.65. The summed E-state index contributed by atoms with van der Waals surface area (Å²) in [6.45, 7) is 4.78. The lowest BCUT2D eigenvalue weighted by Crippen LogP contribution is -2.59. The molecule has 9 rings (SSSR count). The molecular formula is C28H42O2Si. The minimum absolute atomic E-state index is 0.200. The molecule has 0 amide bonds. The van der Waals surface area contributed by atoms with Gasteiger partial charge in [0.25, 0.3) is 0 Å². The molecular weight excluding hydrogens is 396 g/mol. The first-order valence-electron chi connectivity index (χ1n) is 13.3. The summed E-state index contributed by atoms with van der Waals surface area (Å²) in [6, 6.07) is 11.0. The molecule has 0 unspecified atom stereocenters. The van der Waals surface area contributed by atoms with Gasteiger partial charge in [-0.15, -0.1) is 0 Å². The van der Waals surface area contributed by atoms with Gasteiger partial charge in [0.05, 0.1) is 11.2 Å². The van der Waals surface area contributed by atoms with Crippen LogP contribution in [0.5, 0.6) is 0 Å². The molecule has 0 aromatic heterocycles. The minimum Gasteiger partial charge on any atom is -0.407 e. The van der Waals surface area contributed by atoms with Crippen molar-refractivity contribution in [2.24, 2.45) is 35.5 Å². The molecule has 0 heterocycles. The fraction of sp³-hybridized carbons (Fsp3) is 0.786. The van der Waals surface area contributed by atoms with Crippen LogP contribution in [0, 0.1) is 35.5 Å². The third-order valence-corrected chi connectivity index (χ3v) is 12.6. The van der Waals surface area contributed by atoms with E-state index in [1.165, 1.54) is 63.0 Å². The van der Waals surface area contributed by atoms with Crippen LogP contribution in [0.2, 0.25) is 13.1 Å². The maximum Gasteiger partial charge on any atom is 0.218 e. The Labute approximate surface area is 190 Å². The molecule has 0 atom stereocenters. The van der Waals surface area contributed by atoms with Crippen LogP contribution in [0.3, 0.4) is 0 Å². The van der Waals surface area contributed by atoms with E-state index in [1.807, 2.05) is 0 Å². The van der Waals surface area contributed by atoms with Gasteiger partial charge in [-0.05, 0) is 131 Å². The van der Waals surface area contributed by atoms with E-state index in [4.69, 9.17) is 4.43 Å². The van der Waals surface area contributed by atoms with Gasteiger partial charge in [-0.3, -0.25) is 0 Å². The maximum absolute atomic E-state index is 10.1. The second-order valence-corrected chi connectivity index (χ2v) is 17.0. The van der Waals surface area contributed by atoms with Crippen LogP contribution in [0.15, 0.2) is 30.3 Å². The van der Waals surface area contributed by atoms with E-state index in [2.05, 4.69) is 43.4 Å². The SMILES string of the molecule is C[Si](C)(OC12CC3CC(CC(C3)C1)C2)c1ccccc1.OC12CC3CC(CC(C3)C1)C2. The largest absolute Gasteiger partial charge is 0.407 e. The molecule has 8 fully saturated rings. The van der Waals surface area contributed by atoms with Gasteiger partial charge in [-0.25, -0.2) is 0 Å². The Kier molecular flexibility index (Phi) is 5.02. The quantitative estimate of drug-likeness (QED) is 0.584. The predicted octanol–water partition coefficient (Wildman–Crippen LogP) is 6.03. The lowest BCUT2D eigenvalue weighted by molar-refractivity contribution is -0.124. The summed E-state index contributed by atoms with van der Waals surface area (Å²) >= 11 is 0. The third-order valence-electron chi connectivity index (χ3n) is 9.93. The number of hydrogen-bond acceptors (Lipinski definition) is 2. The molecule has 1 N–H and O–H groups in total. The van der Waals surface area contributed by atoms with Gasteiger partial charge in [0.2, 0.25) is 8.32 Å². The Balaban J connectivity index is 0.000000141. The summed E-state index contributed by atoms with van der Waals surface area (Å²) in [7, 11) is -1.76. The van der Waals surface area contributed by atoms with Crippen LogP contribution in [0.4, 0.5) is 0 Å². The normalized spacial score (nSPS) is 46.7. The van der Waals surface area contributed by atoms with Crippen LogP contribution in [-0.4, -0.2) is 24.6 Å². The second kappa shape index (κ2) is 7.43. The highest BCUT2D eigenvalue weighted by atomic mass is 28.4. The Morgan fingerprint density at radius 3 is 1.45 bits per heavy atom. The smallest absolute Gasteiger partial charge is 0.218 e. The van der Waals surface area contributed by atoms with Gasteiger partial charge < -0.3 is 9.53 Å². The molecule has 1 aromatic rings. The molecule has 0 saturated heterocycles. The first-order valence-corrected chi connectivity index (χ1v) is 16.2. The number of hydrogen-bond donors (Lipinski definition) is 1. The average molecular weight is 439 g/mol. The highest BCUT2D eigenvalue weighted by molar-refractivity contribution is 6.84. The number of aliphatic hydroxyl groups is 1. The lowest BCUT2D eigenvalue weighted by Gasteiger charge is -2.58. The molecule has 8 aliphatic rings. The molecule has 8 bridgehead atoms. The van der Waals surface area contributed by atoms with E-state index in [0.717, 1.165) is 54.8 Å². The van der Waals surface area contributed by atoms with Crippen molar-refractivity contribution in [3.8, 4) is 0 Å². The Bertz CT molecular complexity index is 730. The number of benzene rings is 1. The Morgan fingerprint density at radius 1 is 0.677 bits per heavy atom. The van der Waals surface area contributed by atoms with Crippen LogP contribution in [0.25, 0.3) is 0 Å². The third kappa shape index (κ3) is 4.08. The fourth-order valence-electron chi connectivity index (χ4n) is 9.66. The summed E-state index contributed by atoms with van der Waals surface area (Å²) < 4.78 is 6.96. The van der Waals surface area contributed by atoms with Crippen molar-refractivity contribution in [1.82, 2.24) is 0 Å². The van der Waals surface area contributed by atoms with E-state index in [0.29, 0.717) is 0 Å². The van der Waals surface area contributed by atoms with E-state index in [-0.39, 0.29) is 11.2 Å². The van der Waals surface area contributed by atoms with Crippen molar-refractivity contribution in [3.63, 3.8) is 0 Å². The fourth-order valence-corrected chi connectivity index (χ4v) is 12.1. The zero-order chi connectivity index (χ0) is 21.3. The van der Waals surface area contributed by atoms with Crippen molar-refractivity contribution in [1.29, 1.82) is 0 Å². The van der Waals surface area contributed by atoms with Gasteiger partial charge in [0.1, 0.15) is 0 Å². The molecule has 1 aromatic carbocycles. The maximum atomic E-state index is 10.1. The molecule has 31 heavy (non-hydrogen) atoms. The van der Waals surface area contributed by atoms with Crippen molar-refractivity contribution in [3.05, 3.63) is 30.3 Å². The van der Waals surface area contributed by atoms with Crippen molar-refractivity contribution in [2.45, 2.75) is 101 Å². The van der Waals surface area contributed by atoms with Crippen molar-refractivity contribution < 1.29 is 9.53 Å². The molecule has 170 valence electrons. The minimum atomic E-state index is -1.76. The Hall–Kier alpha value is -0.643. The van der Waals surface area contributed by atoms with E-state index >= 15 is 0 Å². The summed E-state index contributed by atoms with van der Waals surface area (Å²) in [4.78, 5) is 0. The topological polar surface area (TPSA) is 29.5 Å². The van der Waals surface area contributed by atoms with Gasteiger partial charge in [-0.1, -0.05) is 30.3 Å². The summed E-state index contributed by atoms with van der Waals surface area (Å²) in [6.07, 6.45) is 16.2. The van der Waals surface area contributed by atoms with Crippen molar-refractivity contribution in [2.75, 3.05) is 0 Å². The highest BCUT2D eigenvalue weighted by Gasteiger charge is 2.53. The van der Waals surface area contributed by atoms with Gasteiger partial charge >= 0.3 is 0 Å². The lowest BCUT2D eigenvalue weighted by atomic mass is 9.54. The van der Waals surface area contributed by atoms with Crippen LogP contribution >= 0.6 is 0 Å². The monoisotopic (exact) mass is 438 g/mol. The van der Waals surface area contributed by atoms with E-state index < -0.39 is 8.32 Å². The standard InChI is InChI=1S/C18H26OSi.C10H16O/c1-20(2,17-6-4-3-5-7-17)19-18-11-14-8-15(12-18)10-16(9-14)13-18;11-10-4-7-1-8(5-10)3-9(2-7)6-10/h3-7,14-16H,8-13H2,1-2H3;7-9,11H,1-6H2. The summed E-state index contributed by atoms with van der Waals surface area (Å²) in [5.74, 6) is 5.61. The van der Waals surface area contributed by atoms with Crippen LogP contribution in [-0.2, 0) is 4.43 Å². The van der Waals surface area contributed by atoms with Gasteiger partial charge in [0, 0.05) is 0 Å². The van der Waals surface area contributed by atoms with Gasteiger partial charge in [-0.2, -0.15) is 0 Å². The molecule has 8 saturated carbocycles. The van der Waals surface area contributed by atoms with E-state index in [1.54, 1.807) is 0 Å². The second-order valence-electron chi connectivity index (χ2n) is 13.2. The zero-order valence-electron chi connectivity index (χ0n) is 19.7. The molecule has 3 heteroatoms.